The highest BCUT2D eigenvalue weighted by Gasteiger charge is 2.00. The second-order valence-electron chi connectivity index (χ2n) is 4.09. The van der Waals surface area contributed by atoms with E-state index in [4.69, 9.17) is 8.83 Å². The molecule has 0 aliphatic heterocycles. The van der Waals surface area contributed by atoms with Crippen LogP contribution in [0, 0.1) is 0 Å². The summed E-state index contributed by atoms with van der Waals surface area (Å²) in [6, 6.07) is 7.53. The lowest BCUT2D eigenvalue weighted by Gasteiger charge is -1.95. The Kier molecular flexibility index (Phi) is 4.59. The maximum Gasteiger partial charge on any atom is 0.155 e. The van der Waals surface area contributed by atoms with Crippen molar-refractivity contribution in [3.63, 3.8) is 0 Å². The van der Waals surface area contributed by atoms with Gasteiger partial charge in [-0.25, -0.2) is 0 Å². The zero-order valence-corrected chi connectivity index (χ0v) is 10.2. The smallest absolute Gasteiger partial charge is 0.155 e. The van der Waals surface area contributed by atoms with E-state index in [0.717, 1.165) is 24.4 Å². The van der Waals surface area contributed by atoms with E-state index in [0.29, 0.717) is 12.8 Å². The second kappa shape index (κ2) is 6.64. The molecule has 0 fully saturated rings. The molecule has 0 aliphatic carbocycles. The van der Waals surface area contributed by atoms with Gasteiger partial charge in [0.25, 0.3) is 0 Å². The molecule has 2 aromatic heterocycles. The van der Waals surface area contributed by atoms with E-state index in [-0.39, 0.29) is 5.78 Å². The van der Waals surface area contributed by atoms with E-state index in [1.165, 1.54) is 0 Å². The molecule has 94 valence electrons. The number of aryl methyl sites for hydroxylation is 1. The summed E-state index contributed by atoms with van der Waals surface area (Å²) < 4.78 is 10.4. The maximum absolute atomic E-state index is 11.6. The molecule has 0 N–H and O–H groups in total. The summed E-state index contributed by atoms with van der Waals surface area (Å²) in [5.41, 5.74) is 0. The van der Waals surface area contributed by atoms with Crippen LogP contribution in [-0.4, -0.2) is 5.78 Å². The highest BCUT2D eigenvalue weighted by atomic mass is 16.3. The lowest BCUT2D eigenvalue weighted by Crippen LogP contribution is -1.94. The Morgan fingerprint density at radius 3 is 2.50 bits per heavy atom. The van der Waals surface area contributed by atoms with E-state index in [9.17, 15) is 4.79 Å². The summed E-state index contributed by atoms with van der Waals surface area (Å²) in [6.45, 7) is 0. The van der Waals surface area contributed by atoms with Crippen LogP contribution >= 0.6 is 0 Å². The lowest BCUT2D eigenvalue weighted by molar-refractivity contribution is -0.114. The van der Waals surface area contributed by atoms with Gasteiger partial charge in [-0.3, -0.25) is 4.79 Å². The van der Waals surface area contributed by atoms with Gasteiger partial charge in [-0.15, -0.1) is 0 Å². The van der Waals surface area contributed by atoms with Crippen LogP contribution < -0.4 is 0 Å². The lowest BCUT2D eigenvalue weighted by atomic mass is 10.1. The Morgan fingerprint density at radius 1 is 1.11 bits per heavy atom. The highest BCUT2D eigenvalue weighted by molar-refractivity contribution is 5.89. The third-order valence-corrected chi connectivity index (χ3v) is 2.63. The Balaban J connectivity index is 1.64. The molecule has 3 heteroatoms. The zero-order valence-electron chi connectivity index (χ0n) is 10.2. The van der Waals surface area contributed by atoms with E-state index in [2.05, 4.69) is 0 Å². The van der Waals surface area contributed by atoms with Crippen molar-refractivity contribution in [2.24, 2.45) is 0 Å². The van der Waals surface area contributed by atoms with Crippen molar-refractivity contribution in [2.75, 3.05) is 0 Å². The molecule has 0 amide bonds. The molecule has 2 rings (SSSR count). The summed E-state index contributed by atoms with van der Waals surface area (Å²) in [4.78, 5) is 11.6. The van der Waals surface area contributed by atoms with Crippen LogP contribution in [0.25, 0.3) is 0 Å². The quantitative estimate of drug-likeness (QED) is 0.699. The van der Waals surface area contributed by atoms with Crippen LogP contribution in [0.15, 0.2) is 57.8 Å². The Bertz CT molecular complexity index is 478. The predicted octanol–water partition coefficient (Wildman–Crippen LogP) is 3.56. The highest BCUT2D eigenvalue weighted by Crippen LogP contribution is 2.06. The molecule has 0 bridgehead atoms. The van der Waals surface area contributed by atoms with Gasteiger partial charge in [0.1, 0.15) is 11.5 Å². The molecule has 0 aromatic carbocycles. The summed E-state index contributed by atoms with van der Waals surface area (Å²) in [5, 5.41) is 0. The topological polar surface area (TPSA) is 43.4 Å². The Hall–Kier alpha value is -2.03. The second-order valence-corrected chi connectivity index (χ2v) is 4.09. The Morgan fingerprint density at radius 2 is 1.83 bits per heavy atom. The van der Waals surface area contributed by atoms with Crippen molar-refractivity contribution in [1.29, 1.82) is 0 Å². The Labute approximate surface area is 106 Å². The van der Waals surface area contributed by atoms with Gasteiger partial charge < -0.3 is 8.83 Å². The molecular weight excluding hydrogens is 228 g/mol. The van der Waals surface area contributed by atoms with Crippen LogP contribution in [0.4, 0.5) is 0 Å². The minimum atomic E-state index is 0.146. The molecule has 0 unspecified atom stereocenters. The molecule has 18 heavy (non-hydrogen) atoms. The summed E-state index contributed by atoms with van der Waals surface area (Å²) in [5.74, 6) is 1.95. The number of rotatable bonds is 7. The largest absolute Gasteiger partial charge is 0.469 e. The molecule has 0 spiro atoms. The number of ketones is 1. The van der Waals surface area contributed by atoms with Gasteiger partial charge in [-0.1, -0.05) is 6.08 Å². The molecule has 0 saturated heterocycles. The van der Waals surface area contributed by atoms with Crippen molar-refractivity contribution in [3.8, 4) is 0 Å². The van der Waals surface area contributed by atoms with E-state index >= 15 is 0 Å². The fourth-order valence-corrected chi connectivity index (χ4v) is 1.71. The van der Waals surface area contributed by atoms with Gasteiger partial charge in [0.15, 0.2) is 5.78 Å². The van der Waals surface area contributed by atoms with Crippen LogP contribution in [-0.2, 0) is 17.6 Å². The van der Waals surface area contributed by atoms with Crippen LogP contribution in [0.5, 0.6) is 0 Å². The monoisotopic (exact) mass is 244 g/mol. The number of carbonyl (C=O) groups excluding carboxylic acids is 1. The van der Waals surface area contributed by atoms with Crippen molar-refractivity contribution in [1.82, 2.24) is 0 Å². The minimum Gasteiger partial charge on any atom is -0.469 e. The summed E-state index contributed by atoms with van der Waals surface area (Å²) in [6.07, 6.45) is 9.60. The third-order valence-electron chi connectivity index (χ3n) is 2.63. The van der Waals surface area contributed by atoms with Crippen molar-refractivity contribution >= 4 is 5.78 Å². The minimum absolute atomic E-state index is 0.146. The summed E-state index contributed by atoms with van der Waals surface area (Å²) >= 11 is 0. The first-order valence-electron chi connectivity index (χ1n) is 6.09. The number of hydrogen-bond donors (Lipinski definition) is 0. The average molecular weight is 244 g/mol. The first-order valence-corrected chi connectivity index (χ1v) is 6.09. The number of carbonyl (C=O) groups is 1. The molecular formula is C15H16O3. The summed E-state index contributed by atoms with van der Waals surface area (Å²) in [7, 11) is 0. The first-order chi connectivity index (χ1) is 8.84. The van der Waals surface area contributed by atoms with Crippen LogP contribution in [0.3, 0.4) is 0 Å². The SMILES string of the molecule is O=C(/C=C/Cc1ccco1)CCCc1ccco1. The van der Waals surface area contributed by atoms with Gasteiger partial charge in [0, 0.05) is 19.3 Å². The molecule has 0 atom stereocenters. The van der Waals surface area contributed by atoms with E-state index in [1.54, 1.807) is 18.6 Å². The van der Waals surface area contributed by atoms with Gasteiger partial charge in [0.05, 0.1) is 12.5 Å². The molecule has 2 aromatic rings. The fourth-order valence-electron chi connectivity index (χ4n) is 1.71. The van der Waals surface area contributed by atoms with Crippen molar-refractivity contribution in [2.45, 2.75) is 25.7 Å². The fraction of sp³-hybridized carbons (Fsp3) is 0.267. The maximum atomic E-state index is 11.6. The molecule has 0 aliphatic rings. The van der Waals surface area contributed by atoms with Gasteiger partial charge in [0.2, 0.25) is 0 Å². The molecule has 3 nitrogen and oxygen atoms in total. The molecule has 0 radical (unpaired) electrons. The molecule has 2 heterocycles. The number of furan rings is 2. The van der Waals surface area contributed by atoms with Crippen molar-refractivity contribution < 1.29 is 13.6 Å². The number of allylic oxidation sites excluding steroid dienone is 2. The van der Waals surface area contributed by atoms with E-state index in [1.807, 2.05) is 30.3 Å². The normalized spacial score (nSPS) is 11.1. The van der Waals surface area contributed by atoms with Gasteiger partial charge in [-0.2, -0.15) is 0 Å². The third kappa shape index (κ3) is 4.09. The molecule has 0 saturated carbocycles. The van der Waals surface area contributed by atoms with E-state index < -0.39 is 0 Å². The van der Waals surface area contributed by atoms with Crippen molar-refractivity contribution in [3.05, 3.63) is 60.5 Å². The first kappa shape index (κ1) is 12.4. The average Bonchev–Trinajstić information content (AvgIpc) is 3.01. The van der Waals surface area contributed by atoms with Crippen LogP contribution in [0.1, 0.15) is 24.4 Å². The number of hydrogen-bond acceptors (Lipinski definition) is 3. The predicted molar refractivity (Wildman–Crippen MR) is 68.2 cm³/mol. The van der Waals surface area contributed by atoms with Crippen LogP contribution in [0.2, 0.25) is 0 Å². The standard InChI is InChI=1S/C15H16O3/c16-13(5-1-7-14-9-3-11-17-14)6-2-8-15-10-4-12-18-15/h1,3-5,9-12H,2,6-8H2/b5-1+. The van der Waals surface area contributed by atoms with Gasteiger partial charge in [-0.05, 0) is 36.8 Å². The van der Waals surface area contributed by atoms with Gasteiger partial charge >= 0.3 is 0 Å². The zero-order chi connectivity index (χ0) is 12.6.